The van der Waals surface area contributed by atoms with Gasteiger partial charge >= 0.3 is 0 Å². The van der Waals surface area contributed by atoms with Crippen LogP contribution in [0, 0.1) is 0 Å². The third kappa shape index (κ3) is 2.43. The van der Waals surface area contributed by atoms with E-state index in [0.717, 1.165) is 25.9 Å². The molecule has 1 rings (SSSR count). The molecule has 0 radical (unpaired) electrons. The molecule has 1 nitrogen and oxygen atoms in total. The first-order chi connectivity index (χ1) is 4.83. The average Bonchev–Trinajstić information content (AvgIpc) is 1.95. The van der Waals surface area contributed by atoms with Gasteiger partial charge in [-0.05, 0) is 25.9 Å². The maximum Gasteiger partial charge on any atom is 0.102 e. The molecule has 1 aliphatic rings. The van der Waals surface area contributed by atoms with Crippen LogP contribution < -0.4 is 0 Å². The number of nitrogens with zero attached hydrogens (tertiary/aromatic N) is 1. The molecule has 0 saturated carbocycles. The van der Waals surface area contributed by atoms with Gasteiger partial charge in [0.1, 0.15) is 6.67 Å². The van der Waals surface area contributed by atoms with E-state index in [9.17, 15) is 4.39 Å². The van der Waals surface area contributed by atoms with Crippen LogP contribution in [0.4, 0.5) is 4.39 Å². The number of likely N-dealkylation sites (tertiary alicyclic amines) is 1. The summed E-state index contributed by atoms with van der Waals surface area (Å²) in [4.78, 5) is 2.12. The van der Waals surface area contributed by atoms with Gasteiger partial charge in [0.05, 0.1) is 0 Å². The summed E-state index contributed by atoms with van der Waals surface area (Å²) < 4.78 is 11.8. The molecule has 0 N–H and O–H groups in total. The Bertz CT molecular complexity index is 91.6. The lowest BCUT2D eigenvalue weighted by Gasteiger charge is -2.27. The summed E-state index contributed by atoms with van der Waals surface area (Å²) >= 11 is 5.86. The van der Waals surface area contributed by atoms with Gasteiger partial charge in [-0.2, -0.15) is 0 Å². The van der Waals surface area contributed by atoms with Gasteiger partial charge in [-0.25, -0.2) is 4.39 Å². The van der Waals surface area contributed by atoms with Crippen molar-refractivity contribution < 1.29 is 4.39 Å². The Kier molecular flexibility index (Phi) is 3.43. The lowest BCUT2D eigenvalue weighted by Crippen LogP contribution is -2.35. The van der Waals surface area contributed by atoms with Crippen LogP contribution in [0.5, 0.6) is 0 Å². The van der Waals surface area contributed by atoms with E-state index < -0.39 is 0 Å². The number of hydrogen-bond donors (Lipinski definition) is 0. The molecule has 0 spiro atoms. The van der Waals surface area contributed by atoms with E-state index in [-0.39, 0.29) is 6.67 Å². The second-order valence-corrected chi connectivity index (χ2v) is 3.32. The highest BCUT2D eigenvalue weighted by atomic mass is 35.5. The molecule has 1 aliphatic heterocycles. The van der Waals surface area contributed by atoms with Crippen molar-refractivity contribution in [3.8, 4) is 0 Å². The van der Waals surface area contributed by atoms with Gasteiger partial charge in [-0.15, -0.1) is 11.6 Å². The second-order valence-electron chi connectivity index (χ2n) is 2.71. The van der Waals surface area contributed by atoms with Gasteiger partial charge in [0.2, 0.25) is 0 Å². The Morgan fingerprint density at radius 1 is 1.40 bits per heavy atom. The fraction of sp³-hybridized carbons (Fsp3) is 1.00. The van der Waals surface area contributed by atoms with Crippen molar-refractivity contribution in [1.82, 2.24) is 4.90 Å². The van der Waals surface area contributed by atoms with E-state index >= 15 is 0 Å². The van der Waals surface area contributed by atoms with Crippen LogP contribution >= 0.6 is 11.6 Å². The summed E-state index contributed by atoms with van der Waals surface area (Å²) in [6.45, 7) is 2.30. The first-order valence-electron chi connectivity index (χ1n) is 3.75. The molecule has 0 bridgehead atoms. The Balaban J connectivity index is 2.13. The van der Waals surface area contributed by atoms with Crippen molar-refractivity contribution in [2.75, 3.05) is 26.3 Å². The standard InChI is InChI=1S/C7H13ClFN/c8-7-1-4-10(5-2-7)6-3-9/h7H,1-6H2. The highest BCUT2D eigenvalue weighted by Gasteiger charge is 2.15. The number of piperidine rings is 1. The van der Waals surface area contributed by atoms with Gasteiger partial charge < -0.3 is 4.90 Å². The fourth-order valence-electron chi connectivity index (χ4n) is 1.24. The largest absolute Gasteiger partial charge is 0.301 e. The first kappa shape index (κ1) is 8.28. The summed E-state index contributed by atoms with van der Waals surface area (Å²) in [5.74, 6) is 0. The van der Waals surface area contributed by atoms with E-state index in [1.165, 1.54) is 0 Å². The molecule has 0 unspecified atom stereocenters. The van der Waals surface area contributed by atoms with E-state index in [0.29, 0.717) is 11.9 Å². The van der Waals surface area contributed by atoms with Gasteiger partial charge in [-0.3, -0.25) is 0 Å². The molecule has 0 aliphatic carbocycles. The minimum Gasteiger partial charge on any atom is -0.301 e. The smallest absolute Gasteiger partial charge is 0.102 e. The summed E-state index contributed by atoms with van der Waals surface area (Å²) in [6, 6.07) is 0. The Labute approximate surface area is 66.2 Å². The van der Waals surface area contributed by atoms with E-state index in [2.05, 4.69) is 4.90 Å². The maximum absolute atomic E-state index is 11.8. The quantitative estimate of drug-likeness (QED) is 0.563. The molecule has 0 aromatic carbocycles. The van der Waals surface area contributed by atoms with E-state index in [4.69, 9.17) is 11.6 Å². The number of halogens is 2. The minimum absolute atomic E-state index is 0.229. The predicted molar refractivity (Wildman–Crippen MR) is 41.3 cm³/mol. The molecular weight excluding hydrogens is 153 g/mol. The third-order valence-electron chi connectivity index (χ3n) is 1.92. The highest BCUT2D eigenvalue weighted by molar-refractivity contribution is 6.20. The summed E-state index contributed by atoms with van der Waals surface area (Å²) in [7, 11) is 0. The zero-order chi connectivity index (χ0) is 7.40. The first-order valence-corrected chi connectivity index (χ1v) is 4.19. The molecule has 1 saturated heterocycles. The van der Waals surface area contributed by atoms with E-state index in [1.54, 1.807) is 0 Å². The Morgan fingerprint density at radius 3 is 2.50 bits per heavy atom. The SMILES string of the molecule is FCCN1CCC(Cl)CC1. The average molecular weight is 166 g/mol. The number of alkyl halides is 2. The normalized spacial score (nSPS) is 23.4. The summed E-state index contributed by atoms with van der Waals surface area (Å²) in [5.41, 5.74) is 0. The summed E-state index contributed by atoms with van der Waals surface area (Å²) in [6.07, 6.45) is 2.03. The summed E-state index contributed by atoms with van der Waals surface area (Å²) in [5, 5.41) is 0.330. The lowest BCUT2D eigenvalue weighted by molar-refractivity contribution is 0.213. The van der Waals surface area contributed by atoms with Crippen molar-refractivity contribution >= 4 is 11.6 Å². The van der Waals surface area contributed by atoms with Crippen molar-refractivity contribution in [3.63, 3.8) is 0 Å². The van der Waals surface area contributed by atoms with Crippen molar-refractivity contribution in [3.05, 3.63) is 0 Å². The van der Waals surface area contributed by atoms with Crippen LogP contribution in [0.3, 0.4) is 0 Å². The predicted octanol–water partition coefficient (Wildman–Crippen LogP) is 1.66. The van der Waals surface area contributed by atoms with Crippen LogP contribution in [0.2, 0.25) is 0 Å². The molecule has 1 heterocycles. The van der Waals surface area contributed by atoms with Crippen molar-refractivity contribution in [2.45, 2.75) is 18.2 Å². The zero-order valence-electron chi connectivity index (χ0n) is 6.02. The second kappa shape index (κ2) is 4.14. The highest BCUT2D eigenvalue weighted by Crippen LogP contribution is 2.14. The lowest BCUT2D eigenvalue weighted by atomic mass is 10.1. The number of hydrogen-bond acceptors (Lipinski definition) is 1. The molecule has 0 atom stereocenters. The molecule has 0 aromatic heterocycles. The van der Waals surface area contributed by atoms with Crippen molar-refractivity contribution in [2.24, 2.45) is 0 Å². The molecule has 0 amide bonds. The fourth-order valence-corrected chi connectivity index (χ4v) is 1.44. The van der Waals surface area contributed by atoms with E-state index in [1.807, 2.05) is 0 Å². The molecule has 1 fully saturated rings. The molecule has 10 heavy (non-hydrogen) atoms. The molecule has 60 valence electrons. The number of rotatable bonds is 2. The zero-order valence-corrected chi connectivity index (χ0v) is 6.78. The monoisotopic (exact) mass is 165 g/mol. The molecule has 0 aromatic rings. The van der Waals surface area contributed by atoms with Crippen LogP contribution in [-0.2, 0) is 0 Å². The van der Waals surface area contributed by atoms with Gasteiger partial charge in [0, 0.05) is 11.9 Å². The van der Waals surface area contributed by atoms with Crippen LogP contribution in [0.25, 0.3) is 0 Å². The van der Waals surface area contributed by atoms with Gasteiger partial charge in [0.15, 0.2) is 0 Å². The minimum atomic E-state index is -0.229. The topological polar surface area (TPSA) is 3.24 Å². The van der Waals surface area contributed by atoms with Crippen molar-refractivity contribution in [1.29, 1.82) is 0 Å². The Hall–Kier alpha value is 0.180. The van der Waals surface area contributed by atoms with Crippen LogP contribution in [0.15, 0.2) is 0 Å². The van der Waals surface area contributed by atoms with Gasteiger partial charge in [0.25, 0.3) is 0 Å². The molecule has 3 heteroatoms. The van der Waals surface area contributed by atoms with Gasteiger partial charge in [-0.1, -0.05) is 0 Å². The molecular formula is C7H13ClFN. The maximum atomic E-state index is 11.8. The third-order valence-corrected chi connectivity index (χ3v) is 2.35. The Morgan fingerprint density at radius 2 is 2.00 bits per heavy atom. The van der Waals surface area contributed by atoms with Crippen LogP contribution in [0.1, 0.15) is 12.8 Å². The van der Waals surface area contributed by atoms with Crippen LogP contribution in [-0.4, -0.2) is 36.6 Å².